The highest BCUT2D eigenvalue weighted by atomic mass is 16.5. The van der Waals surface area contributed by atoms with Crippen LogP contribution in [0.3, 0.4) is 0 Å². The summed E-state index contributed by atoms with van der Waals surface area (Å²) in [4.78, 5) is 4.39. The van der Waals surface area contributed by atoms with Crippen LogP contribution in [-0.4, -0.2) is 33.9 Å². The Morgan fingerprint density at radius 1 is 1.44 bits per heavy atom. The van der Waals surface area contributed by atoms with Crippen LogP contribution in [0.1, 0.15) is 12.8 Å². The molecular weight excluding hydrogens is 204 g/mol. The Labute approximate surface area is 93.4 Å². The highest BCUT2D eigenvalue weighted by Crippen LogP contribution is 2.25. The molecule has 0 unspecified atom stereocenters. The molecule has 1 aliphatic carbocycles. The molecule has 0 aliphatic heterocycles. The molecule has 0 aromatic carbocycles. The topological polar surface area (TPSA) is 51.5 Å². The maximum atomic E-state index is 5.23. The van der Waals surface area contributed by atoms with E-state index >= 15 is 0 Å². The van der Waals surface area contributed by atoms with Crippen molar-refractivity contribution in [3.63, 3.8) is 0 Å². The summed E-state index contributed by atoms with van der Waals surface area (Å²) in [5.41, 5.74) is 0.868. The van der Waals surface area contributed by atoms with E-state index in [4.69, 9.17) is 4.74 Å². The Hall–Kier alpha value is -1.62. The molecular formula is C11H14N4O. The number of rotatable bonds is 3. The first kappa shape index (κ1) is 9.59. The molecule has 0 radical (unpaired) electrons. The molecule has 2 heterocycles. The summed E-state index contributed by atoms with van der Waals surface area (Å²) in [6, 6.07) is 6.28. The van der Waals surface area contributed by atoms with Crippen LogP contribution in [0.4, 0.5) is 5.95 Å². The lowest BCUT2D eigenvalue weighted by molar-refractivity contribution is 0.0327. The summed E-state index contributed by atoms with van der Waals surface area (Å²) in [6.07, 6.45) is 4.36. The van der Waals surface area contributed by atoms with Crippen molar-refractivity contribution in [2.24, 2.45) is 0 Å². The van der Waals surface area contributed by atoms with Gasteiger partial charge >= 0.3 is 0 Å². The van der Waals surface area contributed by atoms with E-state index in [-0.39, 0.29) is 0 Å². The van der Waals surface area contributed by atoms with Gasteiger partial charge in [0.05, 0.1) is 6.10 Å². The summed E-state index contributed by atoms with van der Waals surface area (Å²) in [7, 11) is 1.75. The molecule has 1 saturated carbocycles. The Balaban J connectivity index is 1.71. The zero-order valence-electron chi connectivity index (χ0n) is 9.13. The van der Waals surface area contributed by atoms with Crippen molar-refractivity contribution in [2.45, 2.75) is 25.0 Å². The molecule has 0 atom stereocenters. The van der Waals surface area contributed by atoms with Crippen molar-refractivity contribution >= 4 is 11.6 Å². The van der Waals surface area contributed by atoms with Crippen LogP contribution >= 0.6 is 0 Å². The van der Waals surface area contributed by atoms with Gasteiger partial charge < -0.3 is 10.1 Å². The zero-order valence-corrected chi connectivity index (χ0v) is 9.13. The smallest absolute Gasteiger partial charge is 0.243 e. The van der Waals surface area contributed by atoms with Gasteiger partial charge in [-0.1, -0.05) is 6.07 Å². The number of hydrogen-bond acceptors (Lipinski definition) is 4. The second kappa shape index (κ2) is 3.75. The lowest BCUT2D eigenvalue weighted by Gasteiger charge is -2.34. The first-order valence-corrected chi connectivity index (χ1v) is 5.46. The lowest BCUT2D eigenvalue weighted by atomic mass is 9.89. The number of aromatic nitrogens is 3. The highest BCUT2D eigenvalue weighted by molar-refractivity contribution is 5.43. The molecule has 1 fully saturated rings. The van der Waals surface area contributed by atoms with Crippen LogP contribution in [0.5, 0.6) is 0 Å². The minimum Gasteiger partial charge on any atom is -0.381 e. The number of pyridine rings is 1. The average Bonchev–Trinajstić information content (AvgIpc) is 2.65. The van der Waals surface area contributed by atoms with Gasteiger partial charge in [-0.25, -0.2) is 4.52 Å². The van der Waals surface area contributed by atoms with Gasteiger partial charge in [-0.05, 0) is 25.0 Å². The van der Waals surface area contributed by atoms with E-state index in [0.29, 0.717) is 18.1 Å². The molecule has 16 heavy (non-hydrogen) atoms. The minimum absolute atomic E-state index is 0.398. The SMILES string of the molecule is COC1CC(Nc2nc3ccccn3n2)C1. The van der Waals surface area contributed by atoms with Crippen molar-refractivity contribution in [1.82, 2.24) is 14.6 Å². The first-order valence-electron chi connectivity index (χ1n) is 5.46. The summed E-state index contributed by atoms with van der Waals surface area (Å²) < 4.78 is 7.00. The summed E-state index contributed by atoms with van der Waals surface area (Å²) in [5.74, 6) is 0.700. The number of nitrogens with one attached hydrogen (secondary N) is 1. The van der Waals surface area contributed by atoms with Gasteiger partial charge in [-0.3, -0.25) is 0 Å². The normalized spacial score (nSPS) is 24.3. The number of ether oxygens (including phenoxy) is 1. The van der Waals surface area contributed by atoms with Crippen LogP contribution in [0, 0.1) is 0 Å². The van der Waals surface area contributed by atoms with Gasteiger partial charge in [0.2, 0.25) is 5.95 Å². The predicted octanol–water partition coefficient (Wildman–Crippen LogP) is 1.32. The van der Waals surface area contributed by atoms with E-state index in [9.17, 15) is 0 Å². The van der Waals surface area contributed by atoms with Gasteiger partial charge in [0.1, 0.15) is 0 Å². The van der Waals surface area contributed by atoms with Crippen LogP contribution in [0.15, 0.2) is 24.4 Å². The lowest BCUT2D eigenvalue weighted by Crippen LogP contribution is -2.40. The van der Waals surface area contributed by atoms with Crippen molar-refractivity contribution < 1.29 is 4.74 Å². The quantitative estimate of drug-likeness (QED) is 0.844. The maximum Gasteiger partial charge on any atom is 0.243 e. The fourth-order valence-electron chi connectivity index (χ4n) is 1.95. The third-order valence-corrected chi connectivity index (χ3v) is 3.00. The van der Waals surface area contributed by atoms with Crippen LogP contribution in [-0.2, 0) is 4.74 Å². The van der Waals surface area contributed by atoms with Crippen molar-refractivity contribution in [3.05, 3.63) is 24.4 Å². The summed E-state index contributed by atoms with van der Waals surface area (Å²) in [6.45, 7) is 0. The summed E-state index contributed by atoms with van der Waals surface area (Å²) >= 11 is 0. The van der Waals surface area contributed by atoms with Crippen molar-refractivity contribution in [1.29, 1.82) is 0 Å². The Bertz CT molecular complexity index is 456. The predicted molar refractivity (Wildman–Crippen MR) is 60.4 cm³/mol. The first-order chi connectivity index (χ1) is 7.85. The van der Waals surface area contributed by atoms with E-state index in [0.717, 1.165) is 18.5 Å². The molecule has 84 valence electrons. The molecule has 1 N–H and O–H groups in total. The standard InChI is InChI=1S/C11H14N4O/c1-16-9-6-8(7-9)12-11-13-10-4-2-3-5-15(10)14-11/h2-5,8-9H,6-7H2,1H3,(H,12,14). The average molecular weight is 218 g/mol. The summed E-state index contributed by atoms with van der Waals surface area (Å²) in [5, 5.41) is 7.65. The molecule has 0 spiro atoms. The molecule has 5 nitrogen and oxygen atoms in total. The molecule has 0 bridgehead atoms. The van der Waals surface area contributed by atoms with Crippen LogP contribution < -0.4 is 5.32 Å². The van der Waals surface area contributed by atoms with Gasteiger partial charge in [-0.15, -0.1) is 5.10 Å². The maximum absolute atomic E-state index is 5.23. The largest absolute Gasteiger partial charge is 0.381 e. The number of methoxy groups -OCH3 is 1. The van der Waals surface area contributed by atoms with Crippen LogP contribution in [0.2, 0.25) is 0 Å². The zero-order chi connectivity index (χ0) is 11.0. The number of fused-ring (bicyclic) bond motifs is 1. The van der Waals surface area contributed by atoms with Gasteiger partial charge in [0.15, 0.2) is 5.65 Å². The van der Waals surface area contributed by atoms with E-state index in [2.05, 4.69) is 15.4 Å². The fraction of sp³-hybridized carbons (Fsp3) is 0.455. The third kappa shape index (κ3) is 1.63. The Morgan fingerprint density at radius 2 is 2.31 bits per heavy atom. The second-order valence-corrected chi connectivity index (χ2v) is 4.11. The van der Waals surface area contributed by atoms with E-state index in [1.807, 2.05) is 24.4 Å². The Kier molecular flexibility index (Phi) is 2.25. The van der Waals surface area contributed by atoms with E-state index in [1.165, 1.54) is 0 Å². The number of nitrogens with zero attached hydrogens (tertiary/aromatic N) is 3. The van der Waals surface area contributed by atoms with Gasteiger partial charge in [0, 0.05) is 19.3 Å². The fourth-order valence-corrected chi connectivity index (χ4v) is 1.95. The van der Waals surface area contributed by atoms with Crippen molar-refractivity contribution in [3.8, 4) is 0 Å². The van der Waals surface area contributed by atoms with Gasteiger partial charge in [0.25, 0.3) is 0 Å². The monoisotopic (exact) mass is 218 g/mol. The van der Waals surface area contributed by atoms with Gasteiger partial charge in [-0.2, -0.15) is 4.98 Å². The van der Waals surface area contributed by atoms with E-state index in [1.54, 1.807) is 11.6 Å². The Morgan fingerprint density at radius 3 is 3.06 bits per heavy atom. The number of hydrogen-bond donors (Lipinski definition) is 1. The molecule has 0 amide bonds. The molecule has 5 heteroatoms. The van der Waals surface area contributed by atoms with Crippen molar-refractivity contribution in [2.75, 3.05) is 12.4 Å². The third-order valence-electron chi connectivity index (χ3n) is 3.00. The minimum atomic E-state index is 0.398. The molecule has 0 saturated heterocycles. The molecule has 3 rings (SSSR count). The molecule has 1 aliphatic rings. The molecule has 2 aromatic heterocycles. The second-order valence-electron chi connectivity index (χ2n) is 4.11. The highest BCUT2D eigenvalue weighted by Gasteiger charge is 2.29. The molecule has 2 aromatic rings. The van der Waals surface area contributed by atoms with Crippen LogP contribution in [0.25, 0.3) is 5.65 Å². The van der Waals surface area contributed by atoms with E-state index < -0.39 is 0 Å². The number of anilines is 1.